The largest absolute Gasteiger partial charge is 0.737 e. The lowest BCUT2D eigenvalue weighted by Gasteiger charge is -2.34. The predicted molar refractivity (Wildman–Crippen MR) is 123 cm³/mol. The van der Waals surface area contributed by atoms with Crippen LogP contribution in [0.5, 0.6) is 0 Å². The lowest BCUT2D eigenvalue weighted by molar-refractivity contribution is -0.363. The van der Waals surface area contributed by atoms with Crippen LogP contribution in [0.2, 0.25) is 10.0 Å². The van der Waals surface area contributed by atoms with E-state index in [9.17, 15) is 0 Å². The molecule has 2 aliphatic heterocycles. The summed E-state index contributed by atoms with van der Waals surface area (Å²) in [6.07, 6.45) is 1.39. The number of allylic oxidation sites excluding steroid dienone is 2. The fraction of sp³-hybridized carbons (Fsp3) is 0.348. The maximum absolute atomic E-state index is 16.1. The molecule has 0 saturated carbocycles. The van der Waals surface area contributed by atoms with Gasteiger partial charge in [-0.2, -0.15) is 0 Å². The molecule has 0 saturated heterocycles. The fourth-order valence-electron chi connectivity index (χ4n) is 5.45. The number of hydrogen-bond acceptors (Lipinski definition) is 0. The molecule has 3 heterocycles. The maximum Gasteiger partial charge on any atom is 0.737 e. The van der Waals surface area contributed by atoms with Crippen molar-refractivity contribution in [3.63, 3.8) is 0 Å². The van der Waals surface area contributed by atoms with Gasteiger partial charge in [0.15, 0.2) is 5.70 Å². The second-order valence-electron chi connectivity index (χ2n) is 8.14. The van der Waals surface area contributed by atoms with E-state index < -0.39 is 6.97 Å². The summed E-state index contributed by atoms with van der Waals surface area (Å²) >= 11 is 12.7. The molecular formula is C23H25BCl2F2N2. The topological polar surface area (TPSA) is 7.94 Å². The zero-order valence-electron chi connectivity index (χ0n) is 18.1. The zero-order chi connectivity index (χ0) is 22.1. The van der Waals surface area contributed by atoms with Crippen molar-refractivity contribution in [1.82, 2.24) is 4.48 Å². The molecule has 0 atom stereocenters. The Morgan fingerprint density at radius 1 is 0.967 bits per heavy atom. The van der Waals surface area contributed by atoms with Crippen LogP contribution in [0.15, 0.2) is 35.0 Å². The van der Waals surface area contributed by atoms with Gasteiger partial charge in [-0.05, 0) is 74.2 Å². The van der Waals surface area contributed by atoms with Crippen LogP contribution < -0.4 is 0 Å². The molecule has 0 fully saturated rings. The summed E-state index contributed by atoms with van der Waals surface area (Å²) in [5, 5.41) is 0.971. The van der Waals surface area contributed by atoms with Crippen molar-refractivity contribution >= 4 is 41.5 Å². The highest BCUT2D eigenvalue weighted by Crippen LogP contribution is 2.47. The molecule has 30 heavy (non-hydrogen) atoms. The first-order chi connectivity index (χ1) is 14.1. The van der Waals surface area contributed by atoms with E-state index in [2.05, 4.69) is 0 Å². The Morgan fingerprint density at radius 3 is 2.10 bits per heavy atom. The van der Waals surface area contributed by atoms with Crippen LogP contribution in [-0.2, 0) is 6.42 Å². The number of halogens is 4. The maximum atomic E-state index is 16.1. The van der Waals surface area contributed by atoms with Crippen LogP contribution in [0, 0.1) is 13.8 Å². The third-order valence-electron chi connectivity index (χ3n) is 6.65. The van der Waals surface area contributed by atoms with E-state index in [0.717, 1.165) is 33.4 Å². The molecule has 2 nitrogen and oxygen atoms in total. The van der Waals surface area contributed by atoms with Crippen LogP contribution in [0.1, 0.15) is 62.2 Å². The van der Waals surface area contributed by atoms with Gasteiger partial charge >= 0.3 is 6.97 Å². The molecule has 0 amide bonds. The van der Waals surface area contributed by atoms with Crippen molar-refractivity contribution in [3.8, 4) is 0 Å². The normalized spacial score (nSPS) is 17.8. The van der Waals surface area contributed by atoms with E-state index in [1.54, 1.807) is 19.9 Å². The van der Waals surface area contributed by atoms with Crippen molar-refractivity contribution in [2.75, 3.05) is 0 Å². The van der Waals surface area contributed by atoms with E-state index in [1.165, 1.54) is 8.96 Å². The summed E-state index contributed by atoms with van der Waals surface area (Å²) in [4.78, 5) is 0. The van der Waals surface area contributed by atoms with E-state index in [4.69, 9.17) is 23.2 Å². The number of benzene rings is 1. The molecule has 0 aliphatic carbocycles. The number of fused-ring (bicyclic) bond motifs is 2. The molecule has 0 bridgehead atoms. The molecule has 2 aliphatic rings. The molecule has 0 N–H and O–H groups in total. The number of aromatic nitrogens is 1. The summed E-state index contributed by atoms with van der Waals surface area (Å²) in [5.74, 6) is 0. The van der Waals surface area contributed by atoms with Crippen molar-refractivity contribution in [3.05, 3.63) is 73.2 Å². The minimum absolute atomic E-state index is 0.485. The Morgan fingerprint density at radius 2 is 1.57 bits per heavy atom. The van der Waals surface area contributed by atoms with E-state index in [-0.39, 0.29) is 0 Å². The van der Waals surface area contributed by atoms with Gasteiger partial charge in [-0.25, -0.2) is 0 Å². The predicted octanol–water partition coefficient (Wildman–Crippen LogP) is 7.18. The highest BCUT2D eigenvalue weighted by atomic mass is 35.5. The Balaban J connectivity index is 2.25. The molecular weight excluding hydrogens is 424 g/mol. The minimum atomic E-state index is -4.03. The van der Waals surface area contributed by atoms with Gasteiger partial charge in [-0.1, -0.05) is 37.0 Å². The highest BCUT2D eigenvalue weighted by molar-refractivity contribution is 6.58. The third kappa shape index (κ3) is 2.71. The molecule has 4 rings (SSSR count). The molecule has 158 valence electrons. The Hall–Kier alpha value is -1.85. The van der Waals surface area contributed by atoms with E-state index >= 15 is 8.63 Å². The van der Waals surface area contributed by atoms with Crippen LogP contribution in [0.25, 0.3) is 5.57 Å². The average Bonchev–Trinajstić information content (AvgIpc) is 3.06. The minimum Gasteiger partial charge on any atom is -0.393 e. The summed E-state index contributed by atoms with van der Waals surface area (Å²) in [6.45, 7) is 7.47. The lowest BCUT2D eigenvalue weighted by Crippen LogP contribution is -2.51. The number of nitrogens with zero attached hydrogens (tertiary/aromatic N) is 2. The molecule has 0 radical (unpaired) electrons. The standard InChI is InChI=1S/C23H25BCl2F2N2/c1-7-19-12(3)22-21(16-9-17(25)11-18(26)10-16)23-13(4)20(8-2)15(6)30(23)24(27,28)29(22)14(19)5/h9-11H,7-8H2,1-6H3. The van der Waals surface area contributed by atoms with Crippen LogP contribution in [0.4, 0.5) is 8.63 Å². The molecule has 1 aromatic heterocycles. The highest BCUT2D eigenvalue weighted by Gasteiger charge is 2.56. The first kappa shape index (κ1) is 21.4. The van der Waals surface area contributed by atoms with Gasteiger partial charge in [0.2, 0.25) is 0 Å². The summed E-state index contributed by atoms with van der Waals surface area (Å²) in [6, 6.07) is 5.29. The van der Waals surface area contributed by atoms with Gasteiger partial charge in [0.1, 0.15) is 5.71 Å². The summed E-state index contributed by atoms with van der Waals surface area (Å²) in [5.41, 5.74) is 7.64. The van der Waals surface area contributed by atoms with Gasteiger partial charge in [0, 0.05) is 33.8 Å². The Kier molecular flexibility index (Phi) is 5.06. The quantitative estimate of drug-likeness (QED) is 0.439. The van der Waals surface area contributed by atoms with Crippen LogP contribution >= 0.6 is 23.2 Å². The van der Waals surface area contributed by atoms with E-state index in [1.807, 2.05) is 39.8 Å². The molecule has 0 unspecified atom stereocenters. The molecule has 2 aromatic rings. The van der Waals surface area contributed by atoms with Crippen molar-refractivity contribution in [1.29, 1.82) is 0 Å². The van der Waals surface area contributed by atoms with Gasteiger partial charge in [-0.15, -0.1) is 0 Å². The Bertz CT molecular complexity index is 1180. The smallest absolute Gasteiger partial charge is 0.393 e. The van der Waals surface area contributed by atoms with Gasteiger partial charge in [0.25, 0.3) is 0 Å². The van der Waals surface area contributed by atoms with Gasteiger partial charge in [-0.3, -0.25) is 0 Å². The first-order valence-corrected chi connectivity index (χ1v) is 11.1. The zero-order valence-corrected chi connectivity index (χ0v) is 19.6. The summed E-state index contributed by atoms with van der Waals surface area (Å²) in [7, 11) is 0. The van der Waals surface area contributed by atoms with Crippen molar-refractivity contribution in [2.24, 2.45) is 0 Å². The lowest BCUT2D eigenvalue weighted by atomic mass is 9.83. The fourth-order valence-corrected chi connectivity index (χ4v) is 5.98. The monoisotopic (exact) mass is 448 g/mol. The second-order valence-corrected chi connectivity index (χ2v) is 9.02. The molecule has 0 spiro atoms. The van der Waals surface area contributed by atoms with Gasteiger partial charge < -0.3 is 17.6 Å². The first-order valence-electron chi connectivity index (χ1n) is 10.3. The van der Waals surface area contributed by atoms with Gasteiger partial charge in [0.05, 0.1) is 5.57 Å². The molecule has 7 heteroatoms. The van der Waals surface area contributed by atoms with Crippen LogP contribution in [0.3, 0.4) is 0 Å². The van der Waals surface area contributed by atoms with Crippen molar-refractivity contribution in [2.45, 2.75) is 54.4 Å². The summed E-state index contributed by atoms with van der Waals surface area (Å²) < 4.78 is 34.8. The third-order valence-corrected chi connectivity index (χ3v) is 7.08. The second kappa shape index (κ2) is 7.10. The average molecular weight is 449 g/mol. The molecule has 1 aromatic carbocycles. The van der Waals surface area contributed by atoms with E-state index in [0.29, 0.717) is 45.7 Å². The van der Waals surface area contributed by atoms with Crippen molar-refractivity contribution < 1.29 is 13.1 Å². The SMILES string of the molecule is CCC1=C(C)C2=C(c3cc(Cl)cc(Cl)c3)c3c(C)c(CC)c(C)n3[B-](F)(F)[N+]2=C1C. The Labute approximate surface area is 186 Å². The number of hydrogen-bond donors (Lipinski definition) is 0. The van der Waals surface area contributed by atoms with Crippen LogP contribution in [-0.4, -0.2) is 21.6 Å². The number of rotatable bonds is 3.